The van der Waals surface area contributed by atoms with Crippen molar-refractivity contribution in [1.29, 1.82) is 0 Å². The molecule has 0 aromatic rings. The van der Waals surface area contributed by atoms with Crippen LogP contribution in [0, 0.1) is 5.92 Å². The maximum absolute atomic E-state index is 12.3. The van der Waals surface area contributed by atoms with E-state index in [1.807, 2.05) is 6.92 Å². The van der Waals surface area contributed by atoms with Crippen LogP contribution in [0.2, 0.25) is 0 Å². The highest BCUT2D eigenvalue weighted by Gasteiger charge is 2.50. The van der Waals surface area contributed by atoms with Crippen LogP contribution in [0.4, 0.5) is 0 Å². The lowest BCUT2D eigenvalue weighted by molar-refractivity contribution is -0.152. The first kappa shape index (κ1) is 16.7. The van der Waals surface area contributed by atoms with Gasteiger partial charge in [-0.1, -0.05) is 6.92 Å². The van der Waals surface area contributed by atoms with Gasteiger partial charge in [-0.05, 0) is 51.5 Å². The number of carbonyl (C=O) groups is 1. The third-order valence-corrected chi connectivity index (χ3v) is 4.47. The molecule has 2 atom stereocenters. The summed E-state index contributed by atoms with van der Waals surface area (Å²) in [7, 11) is 0. The Bertz CT molecular complexity index is 346. The van der Waals surface area contributed by atoms with Gasteiger partial charge in [-0.15, -0.1) is 0 Å². The first-order valence-corrected chi connectivity index (χ1v) is 8.40. The molecule has 5 nitrogen and oxygen atoms in total. The van der Waals surface area contributed by atoms with Crippen molar-refractivity contribution < 1.29 is 14.3 Å². The average molecular weight is 298 g/mol. The van der Waals surface area contributed by atoms with Crippen LogP contribution in [-0.4, -0.2) is 55.4 Å². The third-order valence-electron chi connectivity index (χ3n) is 4.47. The lowest BCUT2D eigenvalue weighted by Crippen LogP contribution is -2.60. The van der Waals surface area contributed by atoms with Crippen molar-refractivity contribution in [2.75, 3.05) is 32.8 Å². The number of carbonyl (C=O) groups excluding carboxylic acids is 1. The number of rotatable bonds is 8. The van der Waals surface area contributed by atoms with Gasteiger partial charge in [-0.25, -0.2) is 4.79 Å². The quantitative estimate of drug-likeness (QED) is 0.689. The number of piperidine rings is 1. The molecule has 1 heterocycles. The molecule has 1 aliphatic heterocycles. The van der Waals surface area contributed by atoms with E-state index < -0.39 is 5.54 Å². The number of nitrogens with two attached hydrogens (primary N) is 1. The zero-order valence-electron chi connectivity index (χ0n) is 13.5. The fourth-order valence-corrected chi connectivity index (χ4v) is 3.17. The molecule has 2 fully saturated rings. The summed E-state index contributed by atoms with van der Waals surface area (Å²) in [4.78, 5) is 14.6. The summed E-state index contributed by atoms with van der Waals surface area (Å²) in [6.07, 6.45) is 5.62. The van der Waals surface area contributed by atoms with Crippen LogP contribution in [0.15, 0.2) is 0 Å². The van der Waals surface area contributed by atoms with E-state index in [-0.39, 0.29) is 18.0 Å². The molecule has 0 amide bonds. The predicted octanol–water partition coefficient (Wildman–Crippen LogP) is 1.55. The van der Waals surface area contributed by atoms with Gasteiger partial charge >= 0.3 is 5.97 Å². The molecular weight excluding hydrogens is 268 g/mol. The van der Waals surface area contributed by atoms with Crippen molar-refractivity contribution in [2.45, 2.75) is 57.6 Å². The monoisotopic (exact) mass is 298 g/mol. The van der Waals surface area contributed by atoms with Crippen LogP contribution in [-0.2, 0) is 14.3 Å². The van der Waals surface area contributed by atoms with E-state index >= 15 is 0 Å². The molecule has 2 unspecified atom stereocenters. The largest absolute Gasteiger partial charge is 0.465 e. The molecule has 0 bridgehead atoms. The van der Waals surface area contributed by atoms with Crippen LogP contribution >= 0.6 is 0 Å². The Kier molecular flexibility index (Phi) is 6.02. The van der Waals surface area contributed by atoms with E-state index in [0.29, 0.717) is 13.2 Å². The topological polar surface area (TPSA) is 64.8 Å². The fourth-order valence-electron chi connectivity index (χ4n) is 3.17. The van der Waals surface area contributed by atoms with E-state index in [1.165, 1.54) is 0 Å². The van der Waals surface area contributed by atoms with Crippen molar-refractivity contribution in [3.8, 4) is 0 Å². The lowest BCUT2D eigenvalue weighted by Gasteiger charge is -2.38. The number of hydrogen-bond donors (Lipinski definition) is 1. The molecule has 0 aromatic heterocycles. The van der Waals surface area contributed by atoms with E-state index in [9.17, 15) is 4.79 Å². The highest BCUT2D eigenvalue weighted by molar-refractivity contribution is 5.82. The van der Waals surface area contributed by atoms with Crippen LogP contribution < -0.4 is 5.73 Å². The van der Waals surface area contributed by atoms with Gasteiger partial charge in [0.25, 0.3) is 0 Å². The molecule has 5 heteroatoms. The van der Waals surface area contributed by atoms with Crippen molar-refractivity contribution in [1.82, 2.24) is 4.90 Å². The molecule has 1 saturated carbocycles. The van der Waals surface area contributed by atoms with E-state index in [0.717, 1.165) is 51.8 Å². The molecule has 1 saturated heterocycles. The second-order valence-corrected chi connectivity index (χ2v) is 6.41. The molecule has 2 N–H and O–H groups in total. The molecule has 122 valence electrons. The lowest BCUT2D eigenvalue weighted by atomic mass is 9.92. The molecule has 0 aromatic carbocycles. The van der Waals surface area contributed by atoms with E-state index in [1.54, 1.807) is 0 Å². The molecular formula is C16H30N2O3. The van der Waals surface area contributed by atoms with Gasteiger partial charge in [-0.3, -0.25) is 4.90 Å². The SMILES string of the molecule is CCCOC1CCCN(CC(N)(C(=O)OCC)C2CC2)C1. The average Bonchev–Trinajstić information content (AvgIpc) is 3.30. The van der Waals surface area contributed by atoms with Crippen LogP contribution in [0.25, 0.3) is 0 Å². The summed E-state index contributed by atoms with van der Waals surface area (Å²) >= 11 is 0. The Morgan fingerprint density at radius 1 is 1.33 bits per heavy atom. The van der Waals surface area contributed by atoms with Crippen molar-refractivity contribution in [3.05, 3.63) is 0 Å². The number of ether oxygens (including phenoxy) is 2. The molecule has 21 heavy (non-hydrogen) atoms. The smallest absolute Gasteiger partial charge is 0.327 e. The second-order valence-electron chi connectivity index (χ2n) is 6.41. The number of nitrogens with zero attached hydrogens (tertiary/aromatic N) is 1. The Balaban J connectivity index is 1.92. The summed E-state index contributed by atoms with van der Waals surface area (Å²) in [6.45, 7) is 7.64. The molecule has 1 aliphatic carbocycles. The van der Waals surface area contributed by atoms with Gasteiger partial charge in [0.15, 0.2) is 0 Å². The maximum Gasteiger partial charge on any atom is 0.327 e. The first-order chi connectivity index (χ1) is 10.1. The third kappa shape index (κ3) is 4.41. The van der Waals surface area contributed by atoms with Gasteiger partial charge in [0.05, 0.1) is 12.7 Å². The summed E-state index contributed by atoms with van der Waals surface area (Å²) in [5.41, 5.74) is 5.62. The number of esters is 1. The fraction of sp³-hybridized carbons (Fsp3) is 0.938. The van der Waals surface area contributed by atoms with Gasteiger partial charge in [0.2, 0.25) is 0 Å². The Morgan fingerprint density at radius 3 is 2.71 bits per heavy atom. The van der Waals surface area contributed by atoms with E-state index in [2.05, 4.69) is 11.8 Å². The Morgan fingerprint density at radius 2 is 2.10 bits per heavy atom. The molecule has 2 rings (SSSR count). The molecule has 0 spiro atoms. The van der Waals surface area contributed by atoms with E-state index in [4.69, 9.17) is 15.2 Å². The molecule has 2 aliphatic rings. The normalized spacial score (nSPS) is 26.3. The van der Waals surface area contributed by atoms with Crippen LogP contribution in [0.5, 0.6) is 0 Å². The Labute approximate surface area is 128 Å². The van der Waals surface area contributed by atoms with Crippen molar-refractivity contribution in [3.63, 3.8) is 0 Å². The zero-order chi connectivity index (χ0) is 15.3. The minimum atomic E-state index is -0.831. The van der Waals surface area contributed by atoms with Gasteiger partial charge in [0, 0.05) is 19.7 Å². The van der Waals surface area contributed by atoms with Gasteiger partial charge in [0.1, 0.15) is 5.54 Å². The van der Waals surface area contributed by atoms with Gasteiger partial charge < -0.3 is 15.2 Å². The first-order valence-electron chi connectivity index (χ1n) is 8.40. The Hall–Kier alpha value is -0.650. The minimum Gasteiger partial charge on any atom is -0.465 e. The summed E-state index contributed by atoms with van der Waals surface area (Å²) in [5.74, 6) is 0.0533. The summed E-state index contributed by atoms with van der Waals surface area (Å²) in [6, 6.07) is 0. The predicted molar refractivity (Wildman–Crippen MR) is 82.0 cm³/mol. The van der Waals surface area contributed by atoms with Crippen molar-refractivity contribution in [2.24, 2.45) is 11.7 Å². The number of likely N-dealkylation sites (tertiary alicyclic amines) is 1. The zero-order valence-corrected chi connectivity index (χ0v) is 13.5. The number of hydrogen-bond acceptors (Lipinski definition) is 5. The standard InChI is InChI=1S/C16H30N2O3/c1-3-10-21-14-6-5-9-18(11-14)12-16(17,13-7-8-13)15(19)20-4-2/h13-14H,3-12,17H2,1-2H3. The highest BCUT2D eigenvalue weighted by Crippen LogP contribution is 2.39. The minimum absolute atomic E-state index is 0.232. The summed E-state index contributed by atoms with van der Waals surface area (Å²) < 4.78 is 11.1. The second kappa shape index (κ2) is 7.56. The van der Waals surface area contributed by atoms with Crippen LogP contribution in [0.1, 0.15) is 46.0 Å². The van der Waals surface area contributed by atoms with Gasteiger partial charge in [-0.2, -0.15) is 0 Å². The van der Waals surface area contributed by atoms with Crippen molar-refractivity contribution >= 4 is 5.97 Å². The highest BCUT2D eigenvalue weighted by atomic mass is 16.5. The maximum atomic E-state index is 12.3. The molecule has 0 radical (unpaired) electrons. The van der Waals surface area contributed by atoms with Crippen LogP contribution in [0.3, 0.4) is 0 Å². The summed E-state index contributed by atoms with van der Waals surface area (Å²) in [5, 5.41) is 0.